The van der Waals surface area contributed by atoms with E-state index in [4.69, 9.17) is 4.74 Å². The van der Waals surface area contributed by atoms with Crippen LogP contribution in [0.25, 0.3) is 5.57 Å². The van der Waals surface area contributed by atoms with Gasteiger partial charge in [0.2, 0.25) is 0 Å². The van der Waals surface area contributed by atoms with Gasteiger partial charge >= 0.3 is 5.97 Å². The number of aromatic nitrogens is 1. The molecular formula is C16H21NO4. The maximum Gasteiger partial charge on any atom is 0.343 e. The van der Waals surface area contributed by atoms with Crippen LogP contribution in [0.15, 0.2) is 17.4 Å². The Hall–Kier alpha value is -1.88. The van der Waals surface area contributed by atoms with E-state index in [2.05, 4.69) is 6.58 Å². The van der Waals surface area contributed by atoms with Gasteiger partial charge in [-0.25, -0.2) is 4.79 Å². The molecule has 114 valence electrons. The summed E-state index contributed by atoms with van der Waals surface area (Å²) < 4.78 is 6.59. The number of hydrogen-bond acceptors (Lipinski definition) is 4. The molecule has 0 spiro atoms. The molecule has 0 aliphatic carbocycles. The fourth-order valence-electron chi connectivity index (χ4n) is 2.79. The number of allylic oxidation sites excluding steroid dienone is 1. The maximum atomic E-state index is 12.4. The highest BCUT2D eigenvalue weighted by Crippen LogP contribution is 2.35. The summed E-state index contributed by atoms with van der Waals surface area (Å²) in [7, 11) is 0. The van der Waals surface area contributed by atoms with Crippen molar-refractivity contribution in [2.24, 2.45) is 0 Å². The van der Waals surface area contributed by atoms with E-state index in [1.807, 2.05) is 13.8 Å². The SMILES string of the molecule is C=C1CCn2c1cc1c(c2=O)COC(=O)C1(O)CC.CC. The molecule has 0 radical (unpaired) electrons. The van der Waals surface area contributed by atoms with E-state index in [9.17, 15) is 14.7 Å². The lowest BCUT2D eigenvalue weighted by atomic mass is 9.86. The third kappa shape index (κ3) is 2.12. The van der Waals surface area contributed by atoms with Crippen molar-refractivity contribution in [3.05, 3.63) is 39.8 Å². The summed E-state index contributed by atoms with van der Waals surface area (Å²) in [5.74, 6) is -0.685. The number of nitrogens with zero attached hydrogens (tertiary/aromatic N) is 1. The molecule has 1 aromatic heterocycles. The molecule has 3 heterocycles. The van der Waals surface area contributed by atoms with Crippen LogP contribution in [-0.4, -0.2) is 15.6 Å². The highest BCUT2D eigenvalue weighted by molar-refractivity contribution is 5.83. The number of cyclic esters (lactones) is 1. The molecule has 5 heteroatoms. The third-order valence-corrected chi connectivity index (χ3v) is 4.04. The highest BCUT2D eigenvalue weighted by Gasteiger charge is 2.44. The molecule has 3 rings (SSSR count). The monoisotopic (exact) mass is 291 g/mol. The molecule has 2 aliphatic rings. The van der Waals surface area contributed by atoms with Crippen LogP contribution >= 0.6 is 0 Å². The van der Waals surface area contributed by atoms with Gasteiger partial charge in [0.15, 0.2) is 5.60 Å². The van der Waals surface area contributed by atoms with Crippen molar-refractivity contribution >= 4 is 11.5 Å². The summed E-state index contributed by atoms with van der Waals surface area (Å²) in [6.45, 7) is 10.1. The second kappa shape index (κ2) is 5.48. The molecule has 1 aromatic rings. The number of pyridine rings is 1. The number of rotatable bonds is 1. The summed E-state index contributed by atoms with van der Waals surface area (Å²) in [5, 5.41) is 10.5. The number of ether oxygens (including phenoxy) is 1. The molecule has 0 saturated carbocycles. The lowest BCUT2D eigenvalue weighted by Gasteiger charge is -2.31. The second-order valence-corrected chi connectivity index (χ2v) is 5.02. The molecule has 0 fully saturated rings. The van der Waals surface area contributed by atoms with E-state index in [0.29, 0.717) is 23.4 Å². The van der Waals surface area contributed by atoms with E-state index in [0.717, 1.165) is 12.0 Å². The zero-order valence-corrected chi connectivity index (χ0v) is 12.7. The van der Waals surface area contributed by atoms with Gasteiger partial charge < -0.3 is 14.4 Å². The summed E-state index contributed by atoms with van der Waals surface area (Å²) in [4.78, 5) is 24.2. The first-order valence-electron chi connectivity index (χ1n) is 7.34. The Morgan fingerprint density at radius 2 is 2.10 bits per heavy atom. The molecule has 1 atom stereocenters. The molecule has 2 aliphatic heterocycles. The summed E-state index contributed by atoms with van der Waals surface area (Å²) in [5.41, 5.74) is 0.423. The van der Waals surface area contributed by atoms with Crippen LogP contribution in [-0.2, 0) is 28.3 Å². The zero-order chi connectivity index (χ0) is 15.8. The van der Waals surface area contributed by atoms with Crippen molar-refractivity contribution < 1.29 is 14.6 Å². The Labute approximate surface area is 123 Å². The average Bonchev–Trinajstić information content (AvgIpc) is 2.88. The van der Waals surface area contributed by atoms with Crippen LogP contribution in [0.5, 0.6) is 0 Å². The topological polar surface area (TPSA) is 68.5 Å². The molecule has 1 N–H and O–H groups in total. The minimum Gasteiger partial charge on any atom is -0.458 e. The van der Waals surface area contributed by atoms with Crippen molar-refractivity contribution in [2.45, 2.75) is 52.4 Å². The van der Waals surface area contributed by atoms with Crippen molar-refractivity contribution in [1.29, 1.82) is 0 Å². The van der Waals surface area contributed by atoms with E-state index in [1.165, 1.54) is 0 Å². The minimum absolute atomic E-state index is 0.0674. The van der Waals surface area contributed by atoms with Crippen molar-refractivity contribution in [2.75, 3.05) is 0 Å². The standard InChI is InChI=1S/C14H15NO4.C2H6/c1-3-14(18)10-6-11-8(2)4-5-15(11)12(16)9(10)7-19-13(14)17;1-2/h6,18H,2-5,7H2,1H3;1-2H3. The summed E-state index contributed by atoms with van der Waals surface area (Å²) in [6, 6.07) is 1.72. The van der Waals surface area contributed by atoms with Gasteiger partial charge in [0.05, 0.1) is 5.56 Å². The lowest BCUT2D eigenvalue weighted by molar-refractivity contribution is -0.172. The number of esters is 1. The first-order valence-corrected chi connectivity index (χ1v) is 7.34. The van der Waals surface area contributed by atoms with Gasteiger partial charge in [-0.2, -0.15) is 0 Å². The first-order chi connectivity index (χ1) is 9.99. The number of fused-ring (bicyclic) bond motifs is 2. The van der Waals surface area contributed by atoms with Gasteiger partial charge in [-0.05, 0) is 24.5 Å². The molecule has 0 saturated heterocycles. The third-order valence-electron chi connectivity index (χ3n) is 4.04. The molecule has 0 bridgehead atoms. The molecule has 5 nitrogen and oxygen atoms in total. The van der Waals surface area contributed by atoms with E-state index < -0.39 is 11.6 Å². The van der Waals surface area contributed by atoms with Crippen molar-refractivity contribution in [3.8, 4) is 0 Å². The molecule has 0 amide bonds. The number of carbonyl (C=O) groups is 1. The van der Waals surface area contributed by atoms with Gasteiger partial charge in [-0.3, -0.25) is 4.79 Å². The van der Waals surface area contributed by atoms with Crippen molar-refractivity contribution in [3.63, 3.8) is 0 Å². The quantitative estimate of drug-likeness (QED) is 0.803. The normalized spacial score (nSPS) is 22.9. The minimum atomic E-state index is -1.72. The van der Waals surface area contributed by atoms with Crippen LogP contribution in [0.4, 0.5) is 0 Å². The Morgan fingerprint density at radius 3 is 2.71 bits per heavy atom. The summed E-state index contributed by atoms with van der Waals surface area (Å²) in [6.07, 6.45) is 0.895. The van der Waals surface area contributed by atoms with Gasteiger partial charge in [0, 0.05) is 17.8 Å². The van der Waals surface area contributed by atoms with E-state index in [-0.39, 0.29) is 18.6 Å². The van der Waals surface area contributed by atoms with Gasteiger partial charge in [0.25, 0.3) is 5.56 Å². The predicted octanol–water partition coefficient (Wildman–Crippen LogP) is 1.95. The van der Waals surface area contributed by atoms with Gasteiger partial charge in [0.1, 0.15) is 6.61 Å². The highest BCUT2D eigenvalue weighted by atomic mass is 16.6. The van der Waals surface area contributed by atoms with Gasteiger partial charge in [-0.15, -0.1) is 0 Å². The Balaban J connectivity index is 0.000000774. The van der Waals surface area contributed by atoms with Crippen LogP contribution in [0.3, 0.4) is 0 Å². The zero-order valence-electron chi connectivity index (χ0n) is 12.7. The maximum absolute atomic E-state index is 12.4. The average molecular weight is 291 g/mol. The smallest absolute Gasteiger partial charge is 0.343 e. The predicted molar refractivity (Wildman–Crippen MR) is 79.7 cm³/mol. The second-order valence-electron chi connectivity index (χ2n) is 5.02. The fraction of sp³-hybridized carbons (Fsp3) is 0.500. The Morgan fingerprint density at radius 1 is 1.43 bits per heavy atom. The molecule has 21 heavy (non-hydrogen) atoms. The van der Waals surface area contributed by atoms with Gasteiger partial charge in [-0.1, -0.05) is 27.4 Å². The van der Waals surface area contributed by atoms with Crippen LogP contribution < -0.4 is 5.56 Å². The largest absolute Gasteiger partial charge is 0.458 e. The molecule has 1 unspecified atom stereocenters. The van der Waals surface area contributed by atoms with Crippen LogP contribution in [0.1, 0.15) is 50.4 Å². The number of aliphatic hydroxyl groups is 1. The van der Waals surface area contributed by atoms with E-state index >= 15 is 0 Å². The van der Waals surface area contributed by atoms with E-state index in [1.54, 1.807) is 17.6 Å². The lowest BCUT2D eigenvalue weighted by Crippen LogP contribution is -2.44. The number of hydrogen-bond donors (Lipinski definition) is 1. The fourth-order valence-corrected chi connectivity index (χ4v) is 2.79. The Bertz CT molecular complexity index is 659. The number of carbonyl (C=O) groups excluding carboxylic acids is 1. The Kier molecular flexibility index (Phi) is 4.05. The first kappa shape index (κ1) is 15.5. The molecular weight excluding hydrogens is 270 g/mol. The van der Waals surface area contributed by atoms with Crippen molar-refractivity contribution in [1.82, 2.24) is 4.57 Å². The van der Waals surface area contributed by atoms with Crippen LogP contribution in [0, 0.1) is 0 Å². The molecule has 0 aromatic carbocycles. The van der Waals surface area contributed by atoms with Crippen LogP contribution in [0.2, 0.25) is 0 Å². The summed E-state index contributed by atoms with van der Waals surface area (Å²) >= 11 is 0.